The molecule has 8 heteroatoms. The number of rotatable bonds is 10. The van der Waals surface area contributed by atoms with Gasteiger partial charge in [-0.15, -0.1) is 0 Å². The highest BCUT2D eigenvalue weighted by molar-refractivity contribution is 5.49. The summed E-state index contributed by atoms with van der Waals surface area (Å²) in [5.41, 5.74) is -0.0857. The van der Waals surface area contributed by atoms with E-state index in [1.165, 1.54) is 12.1 Å². The Bertz CT molecular complexity index is 493. The topological polar surface area (TPSA) is 108 Å². The molecule has 21 heavy (non-hydrogen) atoms. The van der Waals surface area contributed by atoms with Crippen LogP contribution in [-0.2, 0) is 11.3 Å². The molecule has 0 atom stereocenters. The fourth-order valence-electron chi connectivity index (χ4n) is 1.75. The molecule has 1 rings (SSSR count). The normalized spacial score (nSPS) is 10.5. The van der Waals surface area contributed by atoms with E-state index in [2.05, 4.69) is 5.32 Å². The lowest BCUT2D eigenvalue weighted by Gasteiger charge is -2.06. The van der Waals surface area contributed by atoms with E-state index in [9.17, 15) is 20.2 Å². The Morgan fingerprint density at radius 3 is 2.57 bits per heavy atom. The van der Waals surface area contributed by atoms with Gasteiger partial charge in [-0.2, -0.15) is 0 Å². The molecule has 0 bridgehead atoms. The van der Waals surface area contributed by atoms with Gasteiger partial charge < -0.3 is 10.1 Å². The second kappa shape index (κ2) is 8.98. The number of nitrogens with zero attached hydrogens (tertiary/aromatic N) is 2. The first-order chi connectivity index (χ1) is 10.1. The van der Waals surface area contributed by atoms with E-state index in [0.717, 1.165) is 25.5 Å². The zero-order valence-corrected chi connectivity index (χ0v) is 11.9. The summed E-state index contributed by atoms with van der Waals surface area (Å²) in [6.07, 6.45) is 1.78. The van der Waals surface area contributed by atoms with Crippen molar-refractivity contribution >= 4 is 11.4 Å². The van der Waals surface area contributed by atoms with Crippen LogP contribution in [0.15, 0.2) is 18.2 Å². The molecule has 0 aliphatic carbocycles. The number of hydrogen-bond donors (Lipinski definition) is 1. The van der Waals surface area contributed by atoms with Gasteiger partial charge in [0.05, 0.1) is 15.9 Å². The van der Waals surface area contributed by atoms with Crippen molar-refractivity contribution in [2.45, 2.75) is 26.3 Å². The number of nitrogens with one attached hydrogen (secondary N) is 1. The van der Waals surface area contributed by atoms with E-state index in [4.69, 9.17) is 4.74 Å². The maximum Gasteiger partial charge on any atom is 0.280 e. The lowest BCUT2D eigenvalue weighted by molar-refractivity contribution is -0.394. The minimum atomic E-state index is -0.644. The largest absolute Gasteiger partial charge is 0.381 e. The highest BCUT2D eigenvalue weighted by Crippen LogP contribution is 2.24. The van der Waals surface area contributed by atoms with Crippen molar-refractivity contribution in [3.63, 3.8) is 0 Å². The van der Waals surface area contributed by atoms with Crippen molar-refractivity contribution in [2.24, 2.45) is 0 Å². The van der Waals surface area contributed by atoms with E-state index in [1.54, 1.807) is 0 Å². The van der Waals surface area contributed by atoms with E-state index in [0.29, 0.717) is 25.3 Å². The monoisotopic (exact) mass is 297 g/mol. The van der Waals surface area contributed by atoms with Crippen molar-refractivity contribution in [1.29, 1.82) is 0 Å². The van der Waals surface area contributed by atoms with Crippen LogP contribution in [0, 0.1) is 20.2 Å². The summed E-state index contributed by atoms with van der Waals surface area (Å²) < 4.78 is 5.32. The minimum Gasteiger partial charge on any atom is -0.381 e. The van der Waals surface area contributed by atoms with Crippen LogP contribution in [0.3, 0.4) is 0 Å². The van der Waals surface area contributed by atoms with E-state index < -0.39 is 9.85 Å². The van der Waals surface area contributed by atoms with Gasteiger partial charge in [0.25, 0.3) is 11.4 Å². The number of hydrogen-bond acceptors (Lipinski definition) is 6. The third-order valence-electron chi connectivity index (χ3n) is 2.78. The van der Waals surface area contributed by atoms with Gasteiger partial charge in [-0.25, -0.2) is 0 Å². The number of nitro benzene ring substituents is 2. The summed E-state index contributed by atoms with van der Waals surface area (Å²) in [7, 11) is 0. The molecule has 1 aromatic rings. The van der Waals surface area contributed by atoms with Gasteiger partial charge in [0.2, 0.25) is 0 Å². The van der Waals surface area contributed by atoms with Crippen molar-refractivity contribution < 1.29 is 14.6 Å². The van der Waals surface area contributed by atoms with Crippen molar-refractivity contribution in [3.8, 4) is 0 Å². The highest BCUT2D eigenvalue weighted by Gasteiger charge is 2.18. The number of non-ortho nitro benzene ring substituents is 1. The molecule has 0 spiro atoms. The summed E-state index contributed by atoms with van der Waals surface area (Å²) in [5, 5.41) is 24.6. The fourth-order valence-corrected chi connectivity index (χ4v) is 1.75. The molecule has 0 fully saturated rings. The lowest BCUT2D eigenvalue weighted by Crippen LogP contribution is -2.17. The average Bonchev–Trinajstić information content (AvgIpc) is 2.46. The number of benzene rings is 1. The maximum absolute atomic E-state index is 10.9. The van der Waals surface area contributed by atoms with Crippen LogP contribution >= 0.6 is 0 Å². The van der Waals surface area contributed by atoms with E-state index >= 15 is 0 Å². The van der Waals surface area contributed by atoms with Crippen LogP contribution in [0.2, 0.25) is 0 Å². The zero-order valence-electron chi connectivity index (χ0n) is 11.9. The molecule has 8 nitrogen and oxygen atoms in total. The van der Waals surface area contributed by atoms with Crippen LogP contribution in [0.25, 0.3) is 0 Å². The van der Waals surface area contributed by atoms with E-state index in [-0.39, 0.29) is 11.4 Å². The van der Waals surface area contributed by atoms with Gasteiger partial charge >= 0.3 is 0 Å². The SMILES string of the molecule is CCCOCCCNCc1ccc([N+](=O)[O-])cc1[N+](=O)[O-]. The Labute approximate surface area is 122 Å². The Hall–Kier alpha value is -2.06. The molecule has 0 aromatic heterocycles. The second-order valence-electron chi connectivity index (χ2n) is 4.47. The Morgan fingerprint density at radius 2 is 1.95 bits per heavy atom. The molecule has 1 aromatic carbocycles. The fraction of sp³-hybridized carbons (Fsp3) is 0.538. The number of ether oxygens (including phenoxy) is 1. The van der Waals surface area contributed by atoms with Crippen molar-refractivity contribution in [2.75, 3.05) is 19.8 Å². The third kappa shape index (κ3) is 5.84. The summed E-state index contributed by atoms with van der Waals surface area (Å²) in [6, 6.07) is 3.67. The predicted octanol–water partition coefficient (Wildman–Crippen LogP) is 2.41. The van der Waals surface area contributed by atoms with Crippen LogP contribution in [0.1, 0.15) is 25.3 Å². The van der Waals surface area contributed by atoms with Gasteiger partial charge in [0.15, 0.2) is 0 Å². The molecule has 0 amide bonds. The lowest BCUT2D eigenvalue weighted by atomic mass is 10.1. The average molecular weight is 297 g/mol. The van der Waals surface area contributed by atoms with Crippen molar-refractivity contribution in [1.82, 2.24) is 5.32 Å². The molecule has 0 radical (unpaired) electrons. The van der Waals surface area contributed by atoms with Crippen LogP contribution in [-0.4, -0.2) is 29.6 Å². The predicted molar refractivity (Wildman–Crippen MR) is 77.2 cm³/mol. The maximum atomic E-state index is 10.9. The second-order valence-corrected chi connectivity index (χ2v) is 4.47. The minimum absolute atomic E-state index is 0.237. The summed E-state index contributed by atoms with van der Waals surface area (Å²) >= 11 is 0. The van der Waals surface area contributed by atoms with Gasteiger partial charge in [0.1, 0.15) is 0 Å². The van der Waals surface area contributed by atoms with E-state index in [1.807, 2.05) is 6.92 Å². The molecule has 0 saturated heterocycles. The van der Waals surface area contributed by atoms with Crippen LogP contribution < -0.4 is 5.32 Å². The van der Waals surface area contributed by atoms with Gasteiger partial charge in [-0.1, -0.05) is 6.92 Å². The molecular weight excluding hydrogens is 278 g/mol. The molecule has 0 saturated carbocycles. The first-order valence-electron chi connectivity index (χ1n) is 6.76. The summed E-state index contributed by atoms with van der Waals surface area (Å²) in [6.45, 7) is 4.36. The van der Waals surface area contributed by atoms with Gasteiger partial charge in [0, 0.05) is 31.4 Å². The summed E-state index contributed by atoms with van der Waals surface area (Å²) in [5.74, 6) is 0. The molecule has 0 aliphatic heterocycles. The quantitative estimate of drug-likeness (QED) is 0.403. The Morgan fingerprint density at radius 1 is 1.19 bits per heavy atom. The molecule has 116 valence electrons. The first kappa shape index (κ1) is 17.0. The summed E-state index contributed by atoms with van der Waals surface area (Å²) in [4.78, 5) is 20.3. The van der Waals surface area contributed by atoms with Gasteiger partial charge in [-0.05, 0) is 25.5 Å². The highest BCUT2D eigenvalue weighted by atomic mass is 16.6. The number of nitro groups is 2. The smallest absolute Gasteiger partial charge is 0.280 e. The molecule has 1 N–H and O–H groups in total. The molecule has 0 aliphatic rings. The standard InChI is InChI=1S/C13H19N3O5/c1-2-7-21-8-3-6-14-10-11-4-5-12(15(17)18)9-13(11)16(19)20/h4-5,9,14H,2-3,6-8,10H2,1H3. The Balaban J connectivity index is 2.51. The molecule has 0 heterocycles. The molecule has 0 unspecified atom stereocenters. The van der Waals surface area contributed by atoms with Crippen LogP contribution in [0.4, 0.5) is 11.4 Å². The zero-order chi connectivity index (χ0) is 15.7. The first-order valence-corrected chi connectivity index (χ1v) is 6.76. The van der Waals surface area contributed by atoms with Crippen LogP contribution in [0.5, 0.6) is 0 Å². The molecular formula is C13H19N3O5. The third-order valence-corrected chi connectivity index (χ3v) is 2.78. The Kier molecular flexibility index (Phi) is 7.27. The van der Waals surface area contributed by atoms with Crippen molar-refractivity contribution in [3.05, 3.63) is 44.0 Å². The van der Waals surface area contributed by atoms with Gasteiger partial charge in [-0.3, -0.25) is 20.2 Å².